The zero-order valence-corrected chi connectivity index (χ0v) is 11.0. The van der Waals surface area contributed by atoms with E-state index in [2.05, 4.69) is 15.9 Å². The Bertz CT molecular complexity index is 458. The van der Waals surface area contributed by atoms with Crippen LogP contribution in [0.3, 0.4) is 0 Å². The van der Waals surface area contributed by atoms with Gasteiger partial charge in [-0.2, -0.15) is 0 Å². The van der Waals surface area contributed by atoms with Crippen molar-refractivity contribution >= 4 is 38.9 Å². The van der Waals surface area contributed by atoms with Crippen LogP contribution in [0.4, 0.5) is 0 Å². The van der Waals surface area contributed by atoms with Gasteiger partial charge in [0.25, 0.3) is 0 Å². The van der Waals surface area contributed by atoms with Gasteiger partial charge in [-0.25, -0.2) is 0 Å². The van der Waals surface area contributed by atoms with Crippen LogP contribution in [0.15, 0.2) is 26.6 Å². The molecule has 5 heteroatoms. The molecule has 0 spiro atoms. The van der Waals surface area contributed by atoms with Gasteiger partial charge in [0.1, 0.15) is 11.9 Å². The van der Waals surface area contributed by atoms with Gasteiger partial charge in [-0.15, -0.1) is 11.3 Å². The molecule has 0 aliphatic rings. The summed E-state index contributed by atoms with van der Waals surface area (Å²) in [6.07, 6.45) is 0.899. The molecule has 15 heavy (non-hydrogen) atoms. The third kappa shape index (κ3) is 2.13. The largest absolute Gasteiger partial charge is 0.469 e. The average molecular weight is 308 g/mol. The molecule has 2 aromatic rings. The number of hydrogen-bond donors (Lipinski definition) is 1. The Kier molecular flexibility index (Phi) is 3.21. The van der Waals surface area contributed by atoms with Crippen LogP contribution < -0.4 is 0 Å². The maximum absolute atomic E-state index is 10.1. The SMILES string of the molecule is Cc1occc1C(O)c1cc(Cl)c(Br)s1. The van der Waals surface area contributed by atoms with Crippen molar-refractivity contribution in [3.8, 4) is 0 Å². The van der Waals surface area contributed by atoms with Gasteiger partial charge in [0.15, 0.2) is 0 Å². The van der Waals surface area contributed by atoms with Gasteiger partial charge in [0.2, 0.25) is 0 Å². The van der Waals surface area contributed by atoms with Gasteiger partial charge < -0.3 is 9.52 Å². The molecular formula is C10H8BrClO2S. The smallest absolute Gasteiger partial charge is 0.117 e. The number of thiophene rings is 1. The number of hydrogen-bond acceptors (Lipinski definition) is 3. The molecule has 0 saturated carbocycles. The molecule has 1 atom stereocenters. The zero-order valence-electron chi connectivity index (χ0n) is 7.83. The minimum Gasteiger partial charge on any atom is -0.469 e. The molecular weight excluding hydrogens is 300 g/mol. The minimum absolute atomic E-state index is 0.621. The predicted molar refractivity (Wildman–Crippen MR) is 64.5 cm³/mol. The third-order valence-electron chi connectivity index (χ3n) is 2.13. The molecule has 2 heterocycles. The Labute approximate surface area is 105 Å². The lowest BCUT2D eigenvalue weighted by Crippen LogP contribution is -1.96. The number of furan rings is 1. The van der Waals surface area contributed by atoms with Crippen LogP contribution in [0.25, 0.3) is 0 Å². The molecule has 0 aliphatic heterocycles. The van der Waals surface area contributed by atoms with Gasteiger partial charge >= 0.3 is 0 Å². The van der Waals surface area contributed by atoms with E-state index in [1.165, 1.54) is 11.3 Å². The predicted octanol–water partition coefficient (Wildman–Crippen LogP) is 4.15. The second kappa shape index (κ2) is 4.29. The number of aliphatic hydroxyl groups excluding tert-OH is 1. The van der Waals surface area contributed by atoms with Gasteiger partial charge in [0.05, 0.1) is 15.1 Å². The number of rotatable bonds is 2. The first kappa shape index (κ1) is 11.2. The summed E-state index contributed by atoms with van der Waals surface area (Å²) in [6.45, 7) is 1.82. The van der Waals surface area contributed by atoms with Crippen LogP contribution in [0.5, 0.6) is 0 Å². The second-order valence-electron chi connectivity index (χ2n) is 3.11. The van der Waals surface area contributed by atoms with Gasteiger partial charge in [0, 0.05) is 10.4 Å². The first-order valence-corrected chi connectivity index (χ1v) is 6.25. The van der Waals surface area contributed by atoms with Crippen molar-refractivity contribution in [1.29, 1.82) is 0 Å². The summed E-state index contributed by atoms with van der Waals surface area (Å²) >= 11 is 10.6. The standard InChI is InChI=1S/C10H8BrClO2S/c1-5-6(2-3-14-5)9(13)8-4-7(12)10(11)15-8/h2-4,9,13H,1H3. The lowest BCUT2D eigenvalue weighted by Gasteiger charge is -2.06. The fourth-order valence-corrected chi connectivity index (χ4v) is 3.08. The molecule has 0 fully saturated rings. The Balaban J connectivity index is 2.36. The van der Waals surface area contributed by atoms with Gasteiger partial charge in [-0.05, 0) is 35.0 Å². The van der Waals surface area contributed by atoms with Crippen molar-refractivity contribution in [2.75, 3.05) is 0 Å². The fourth-order valence-electron chi connectivity index (χ4n) is 1.33. The van der Waals surface area contributed by atoms with Crippen LogP contribution in [0.1, 0.15) is 22.3 Å². The average Bonchev–Trinajstić information content (AvgIpc) is 2.74. The van der Waals surface area contributed by atoms with Crippen LogP contribution >= 0.6 is 38.9 Å². The van der Waals surface area contributed by atoms with Crippen molar-refractivity contribution in [3.05, 3.63) is 43.4 Å². The quantitative estimate of drug-likeness (QED) is 0.904. The summed E-state index contributed by atoms with van der Waals surface area (Å²) < 4.78 is 5.98. The molecule has 2 nitrogen and oxygen atoms in total. The minimum atomic E-state index is -0.669. The molecule has 0 saturated heterocycles. The van der Waals surface area contributed by atoms with E-state index < -0.39 is 6.10 Å². The number of halogens is 2. The Morgan fingerprint density at radius 1 is 1.60 bits per heavy atom. The normalized spacial score (nSPS) is 13.1. The summed E-state index contributed by atoms with van der Waals surface area (Å²) in [4.78, 5) is 0.802. The molecule has 2 aromatic heterocycles. The fraction of sp³-hybridized carbons (Fsp3) is 0.200. The summed E-state index contributed by atoms with van der Waals surface area (Å²) in [5.74, 6) is 0.725. The Morgan fingerprint density at radius 2 is 2.33 bits per heavy atom. The molecule has 0 aliphatic carbocycles. The van der Waals surface area contributed by atoms with Gasteiger partial charge in [-0.3, -0.25) is 0 Å². The summed E-state index contributed by atoms with van der Waals surface area (Å²) in [5, 5.41) is 10.7. The van der Waals surface area contributed by atoms with E-state index in [4.69, 9.17) is 16.0 Å². The molecule has 2 rings (SSSR count). The van der Waals surface area contributed by atoms with E-state index in [1.807, 2.05) is 6.92 Å². The Hall–Kier alpha value is -0.290. The molecule has 0 aromatic carbocycles. The number of aryl methyl sites for hydroxylation is 1. The van der Waals surface area contributed by atoms with Gasteiger partial charge in [-0.1, -0.05) is 11.6 Å². The summed E-state index contributed by atoms with van der Waals surface area (Å²) in [5.41, 5.74) is 0.778. The third-order valence-corrected chi connectivity index (χ3v) is 4.65. The maximum atomic E-state index is 10.1. The van der Waals surface area contributed by atoms with E-state index in [-0.39, 0.29) is 0 Å². The first-order valence-electron chi connectivity index (χ1n) is 4.26. The molecule has 0 bridgehead atoms. The Morgan fingerprint density at radius 3 is 2.80 bits per heavy atom. The second-order valence-corrected chi connectivity index (χ2v) is 5.91. The van der Waals surface area contributed by atoms with E-state index >= 15 is 0 Å². The summed E-state index contributed by atoms with van der Waals surface area (Å²) in [6, 6.07) is 3.52. The first-order chi connectivity index (χ1) is 7.09. The van der Waals surface area contributed by atoms with Crippen LogP contribution in [0.2, 0.25) is 5.02 Å². The van der Waals surface area contributed by atoms with E-state index in [9.17, 15) is 5.11 Å². The highest BCUT2D eigenvalue weighted by Gasteiger charge is 2.18. The van der Waals surface area contributed by atoms with Crippen molar-refractivity contribution in [2.45, 2.75) is 13.0 Å². The van der Waals surface area contributed by atoms with Crippen molar-refractivity contribution in [3.63, 3.8) is 0 Å². The van der Waals surface area contributed by atoms with Crippen LogP contribution in [-0.4, -0.2) is 5.11 Å². The highest BCUT2D eigenvalue weighted by Crippen LogP contribution is 2.38. The molecule has 0 amide bonds. The highest BCUT2D eigenvalue weighted by molar-refractivity contribution is 9.11. The van der Waals surface area contributed by atoms with Crippen molar-refractivity contribution < 1.29 is 9.52 Å². The van der Waals surface area contributed by atoms with Crippen molar-refractivity contribution in [2.24, 2.45) is 0 Å². The molecule has 1 unspecified atom stereocenters. The zero-order chi connectivity index (χ0) is 11.0. The van der Waals surface area contributed by atoms with E-state index in [0.29, 0.717) is 5.02 Å². The topological polar surface area (TPSA) is 33.4 Å². The van der Waals surface area contributed by atoms with E-state index in [1.54, 1.807) is 18.4 Å². The van der Waals surface area contributed by atoms with Crippen LogP contribution in [-0.2, 0) is 0 Å². The highest BCUT2D eigenvalue weighted by atomic mass is 79.9. The lowest BCUT2D eigenvalue weighted by molar-refractivity contribution is 0.222. The molecule has 0 radical (unpaired) electrons. The van der Waals surface area contributed by atoms with E-state index in [0.717, 1.165) is 20.0 Å². The number of aliphatic hydroxyl groups is 1. The van der Waals surface area contributed by atoms with Crippen LogP contribution in [0, 0.1) is 6.92 Å². The summed E-state index contributed by atoms with van der Waals surface area (Å²) in [7, 11) is 0. The molecule has 1 N–H and O–H groups in total. The van der Waals surface area contributed by atoms with Crippen molar-refractivity contribution in [1.82, 2.24) is 0 Å². The lowest BCUT2D eigenvalue weighted by atomic mass is 10.1. The monoisotopic (exact) mass is 306 g/mol. The molecule has 80 valence electrons. The maximum Gasteiger partial charge on any atom is 0.117 e.